The zero-order valence-corrected chi connectivity index (χ0v) is 16.6. The number of hydrogen-bond acceptors (Lipinski definition) is 3. The summed E-state index contributed by atoms with van der Waals surface area (Å²) in [5.74, 6) is 1.56. The fourth-order valence-corrected chi connectivity index (χ4v) is 4.34. The smallest absolute Gasteiger partial charge is 0.234 e. The molecule has 1 N–H and O–H groups in total. The molecule has 1 amide bonds. The van der Waals surface area contributed by atoms with E-state index in [-0.39, 0.29) is 11.9 Å². The van der Waals surface area contributed by atoms with Gasteiger partial charge in [0.1, 0.15) is 5.75 Å². The van der Waals surface area contributed by atoms with E-state index in [4.69, 9.17) is 4.74 Å². The van der Waals surface area contributed by atoms with Crippen LogP contribution >= 0.6 is 0 Å². The van der Waals surface area contributed by atoms with Crippen LogP contribution < -0.4 is 10.1 Å². The molecule has 1 aliphatic heterocycles. The Morgan fingerprint density at radius 3 is 2.54 bits per heavy atom. The van der Waals surface area contributed by atoms with E-state index in [0.717, 1.165) is 18.7 Å². The number of carbonyl (C=O) groups excluding carboxylic acids is 1. The molecular weight excluding hydrogens is 348 g/mol. The van der Waals surface area contributed by atoms with Gasteiger partial charge >= 0.3 is 0 Å². The Hall–Kier alpha value is -2.33. The van der Waals surface area contributed by atoms with Gasteiger partial charge in [-0.3, -0.25) is 9.69 Å². The van der Waals surface area contributed by atoms with Crippen LogP contribution in [-0.4, -0.2) is 37.0 Å². The minimum Gasteiger partial charge on any atom is -0.497 e. The maximum absolute atomic E-state index is 12.9. The number of nitrogens with one attached hydrogen (secondary N) is 1. The third-order valence-corrected chi connectivity index (χ3v) is 6.04. The maximum atomic E-state index is 12.9. The Kier molecular flexibility index (Phi) is 5.96. The lowest BCUT2D eigenvalue weighted by Gasteiger charge is -2.26. The molecule has 1 saturated heterocycles. The van der Waals surface area contributed by atoms with Crippen LogP contribution in [0.1, 0.15) is 42.9 Å². The number of amides is 1. The highest BCUT2D eigenvalue weighted by molar-refractivity contribution is 5.78. The quantitative estimate of drug-likeness (QED) is 0.756. The molecule has 2 fully saturated rings. The van der Waals surface area contributed by atoms with Crippen LogP contribution in [0.3, 0.4) is 0 Å². The van der Waals surface area contributed by atoms with Crippen molar-refractivity contribution in [1.29, 1.82) is 0 Å². The average molecular weight is 379 g/mol. The van der Waals surface area contributed by atoms with Crippen molar-refractivity contribution in [2.24, 2.45) is 5.92 Å². The molecule has 0 bridgehead atoms. The van der Waals surface area contributed by atoms with Gasteiger partial charge in [-0.15, -0.1) is 0 Å². The Morgan fingerprint density at radius 1 is 1.11 bits per heavy atom. The topological polar surface area (TPSA) is 41.6 Å². The second kappa shape index (κ2) is 8.78. The summed E-state index contributed by atoms with van der Waals surface area (Å²) in [7, 11) is 1.68. The molecule has 4 heteroatoms. The van der Waals surface area contributed by atoms with E-state index in [2.05, 4.69) is 52.7 Å². The standard InChI is InChI=1S/C24H30N2O2/c1-28-22-13-11-20(12-14-22)24(19-9-10-19)25-23(27)17-26-15-5-8-21(26)16-18-6-3-2-4-7-18/h2-4,6-7,11-14,19,21,24H,5,8-10,15-17H2,1H3,(H,25,27). The Bertz CT molecular complexity index is 771. The summed E-state index contributed by atoms with van der Waals surface area (Å²) in [6.45, 7) is 1.51. The number of benzene rings is 2. The summed E-state index contributed by atoms with van der Waals surface area (Å²) in [6.07, 6.45) is 5.76. The van der Waals surface area contributed by atoms with Crippen molar-refractivity contribution in [3.63, 3.8) is 0 Å². The Morgan fingerprint density at radius 2 is 1.86 bits per heavy atom. The number of nitrogens with zero attached hydrogens (tertiary/aromatic N) is 1. The molecule has 0 radical (unpaired) electrons. The molecule has 0 aromatic heterocycles. The third kappa shape index (κ3) is 4.74. The van der Waals surface area contributed by atoms with Gasteiger partial charge in [-0.25, -0.2) is 0 Å². The summed E-state index contributed by atoms with van der Waals surface area (Å²) < 4.78 is 5.26. The molecule has 1 aliphatic carbocycles. The first-order valence-electron chi connectivity index (χ1n) is 10.4. The number of rotatable bonds is 8. The number of ether oxygens (including phenoxy) is 1. The van der Waals surface area contributed by atoms with Crippen LogP contribution in [0.2, 0.25) is 0 Å². The van der Waals surface area contributed by atoms with Gasteiger partial charge in [0.2, 0.25) is 5.91 Å². The molecule has 4 rings (SSSR count). The molecule has 2 atom stereocenters. The number of carbonyl (C=O) groups is 1. The highest BCUT2D eigenvalue weighted by atomic mass is 16.5. The first-order valence-corrected chi connectivity index (χ1v) is 10.4. The van der Waals surface area contributed by atoms with Crippen LogP contribution in [-0.2, 0) is 11.2 Å². The molecule has 4 nitrogen and oxygen atoms in total. The van der Waals surface area contributed by atoms with E-state index in [1.807, 2.05) is 12.1 Å². The molecule has 2 aromatic carbocycles. The van der Waals surface area contributed by atoms with Crippen molar-refractivity contribution in [2.75, 3.05) is 20.2 Å². The molecule has 2 aromatic rings. The lowest BCUT2D eigenvalue weighted by atomic mass is 10.0. The summed E-state index contributed by atoms with van der Waals surface area (Å²) in [4.78, 5) is 15.2. The normalized spacial score (nSPS) is 20.7. The predicted molar refractivity (Wildman–Crippen MR) is 111 cm³/mol. The Labute approximate surface area is 167 Å². The van der Waals surface area contributed by atoms with E-state index in [1.165, 1.54) is 36.8 Å². The molecule has 148 valence electrons. The summed E-state index contributed by atoms with van der Waals surface area (Å²) >= 11 is 0. The fourth-order valence-electron chi connectivity index (χ4n) is 4.34. The van der Waals surface area contributed by atoms with Gasteiger partial charge in [0.05, 0.1) is 19.7 Å². The van der Waals surface area contributed by atoms with Crippen molar-refractivity contribution in [3.05, 3.63) is 65.7 Å². The van der Waals surface area contributed by atoms with Crippen LogP contribution in [0, 0.1) is 5.92 Å². The first kappa shape index (κ1) is 19.0. The maximum Gasteiger partial charge on any atom is 0.234 e. The highest BCUT2D eigenvalue weighted by Crippen LogP contribution is 2.41. The van der Waals surface area contributed by atoms with Crippen LogP contribution in [0.4, 0.5) is 0 Å². The molecule has 2 unspecified atom stereocenters. The first-order chi connectivity index (χ1) is 13.7. The molecular formula is C24H30N2O2. The van der Waals surface area contributed by atoms with E-state index in [1.54, 1.807) is 7.11 Å². The second-order valence-corrected chi connectivity index (χ2v) is 8.11. The third-order valence-electron chi connectivity index (χ3n) is 6.04. The predicted octanol–water partition coefficient (Wildman–Crippen LogP) is 3.97. The van der Waals surface area contributed by atoms with Gasteiger partial charge in [0.25, 0.3) is 0 Å². The molecule has 1 heterocycles. The minimum absolute atomic E-state index is 0.119. The molecule has 0 spiro atoms. The van der Waals surface area contributed by atoms with Crippen molar-refractivity contribution >= 4 is 5.91 Å². The van der Waals surface area contributed by atoms with Gasteiger partial charge in [0.15, 0.2) is 0 Å². The molecule has 1 saturated carbocycles. The van der Waals surface area contributed by atoms with Gasteiger partial charge in [-0.1, -0.05) is 42.5 Å². The van der Waals surface area contributed by atoms with Gasteiger partial charge in [-0.2, -0.15) is 0 Å². The largest absolute Gasteiger partial charge is 0.497 e. The highest BCUT2D eigenvalue weighted by Gasteiger charge is 2.34. The minimum atomic E-state index is 0.119. The number of hydrogen-bond donors (Lipinski definition) is 1. The summed E-state index contributed by atoms with van der Waals surface area (Å²) in [5, 5.41) is 3.32. The van der Waals surface area contributed by atoms with Crippen molar-refractivity contribution in [1.82, 2.24) is 10.2 Å². The average Bonchev–Trinajstić information content (AvgIpc) is 3.49. The summed E-state index contributed by atoms with van der Waals surface area (Å²) in [6, 6.07) is 19.3. The lowest BCUT2D eigenvalue weighted by molar-refractivity contribution is -0.123. The van der Waals surface area contributed by atoms with Crippen LogP contribution in [0.15, 0.2) is 54.6 Å². The van der Waals surface area contributed by atoms with Crippen LogP contribution in [0.5, 0.6) is 5.75 Å². The zero-order valence-electron chi connectivity index (χ0n) is 16.6. The Balaban J connectivity index is 1.36. The number of likely N-dealkylation sites (tertiary alicyclic amines) is 1. The van der Waals surface area contributed by atoms with E-state index in [0.29, 0.717) is 18.5 Å². The van der Waals surface area contributed by atoms with Crippen molar-refractivity contribution in [2.45, 2.75) is 44.2 Å². The van der Waals surface area contributed by atoms with Crippen LogP contribution in [0.25, 0.3) is 0 Å². The monoisotopic (exact) mass is 378 g/mol. The van der Waals surface area contributed by atoms with Gasteiger partial charge < -0.3 is 10.1 Å². The second-order valence-electron chi connectivity index (χ2n) is 8.11. The molecule has 28 heavy (non-hydrogen) atoms. The fraction of sp³-hybridized carbons (Fsp3) is 0.458. The number of methoxy groups -OCH3 is 1. The zero-order chi connectivity index (χ0) is 19.3. The van der Waals surface area contributed by atoms with E-state index < -0.39 is 0 Å². The molecule has 2 aliphatic rings. The van der Waals surface area contributed by atoms with E-state index >= 15 is 0 Å². The van der Waals surface area contributed by atoms with Crippen molar-refractivity contribution in [3.8, 4) is 5.75 Å². The SMILES string of the molecule is COc1ccc(C(NC(=O)CN2CCCC2Cc2ccccc2)C2CC2)cc1. The van der Waals surface area contributed by atoms with E-state index in [9.17, 15) is 4.79 Å². The lowest BCUT2D eigenvalue weighted by Crippen LogP contribution is -2.42. The van der Waals surface area contributed by atoms with Crippen molar-refractivity contribution < 1.29 is 9.53 Å². The van der Waals surface area contributed by atoms with Gasteiger partial charge in [-0.05, 0) is 67.8 Å². The van der Waals surface area contributed by atoms with Gasteiger partial charge in [0, 0.05) is 6.04 Å². The summed E-state index contributed by atoms with van der Waals surface area (Å²) in [5.41, 5.74) is 2.54.